The van der Waals surface area contributed by atoms with E-state index < -0.39 is 0 Å². The van der Waals surface area contributed by atoms with Crippen LogP contribution in [0.4, 0.5) is 4.39 Å². The molecule has 0 fully saturated rings. The fourth-order valence-electron chi connectivity index (χ4n) is 1.64. The molecule has 0 bridgehead atoms. The molecule has 90 valence electrons. The lowest BCUT2D eigenvalue weighted by molar-refractivity contribution is 0.629. The van der Waals surface area contributed by atoms with Gasteiger partial charge in [0, 0.05) is 30.1 Å². The summed E-state index contributed by atoms with van der Waals surface area (Å²) >= 11 is 1.55. The molecule has 0 aliphatic rings. The van der Waals surface area contributed by atoms with Crippen molar-refractivity contribution in [2.24, 2.45) is 5.73 Å². The number of nitrogens with one attached hydrogen (secondary N) is 1. The van der Waals surface area contributed by atoms with Crippen LogP contribution >= 0.6 is 11.3 Å². The first kappa shape index (κ1) is 12.2. The minimum absolute atomic E-state index is 0.171. The Morgan fingerprint density at radius 1 is 1.29 bits per heavy atom. The summed E-state index contributed by atoms with van der Waals surface area (Å²) in [4.78, 5) is 0.961. The molecule has 1 aromatic heterocycles. The summed E-state index contributed by atoms with van der Waals surface area (Å²) in [6, 6.07) is 9.08. The van der Waals surface area contributed by atoms with E-state index in [-0.39, 0.29) is 5.82 Å². The quantitative estimate of drug-likeness (QED) is 0.800. The zero-order valence-electron chi connectivity index (χ0n) is 9.45. The Morgan fingerprint density at radius 3 is 2.88 bits per heavy atom. The summed E-state index contributed by atoms with van der Waals surface area (Å²) < 4.78 is 13.7. The van der Waals surface area contributed by atoms with Gasteiger partial charge in [0.1, 0.15) is 5.82 Å². The van der Waals surface area contributed by atoms with E-state index in [2.05, 4.69) is 5.32 Å². The van der Waals surface area contributed by atoms with Crippen LogP contribution in [0.2, 0.25) is 0 Å². The number of rotatable bonds is 5. The Hall–Kier alpha value is -1.23. The Labute approximate surface area is 104 Å². The molecule has 2 aromatic rings. The van der Waals surface area contributed by atoms with Crippen LogP contribution in [0.25, 0.3) is 10.4 Å². The minimum Gasteiger partial charge on any atom is -0.329 e. The van der Waals surface area contributed by atoms with Gasteiger partial charge in [-0.2, -0.15) is 0 Å². The summed E-state index contributed by atoms with van der Waals surface area (Å²) in [6.45, 7) is 2.10. The summed E-state index contributed by atoms with van der Waals surface area (Å²) in [6.07, 6.45) is 0. The van der Waals surface area contributed by atoms with Crippen LogP contribution in [0.15, 0.2) is 35.7 Å². The highest BCUT2D eigenvalue weighted by Gasteiger charge is 2.06. The van der Waals surface area contributed by atoms with E-state index in [0.717, 1.165) is 23.5 Å². The molecule has 0 aliphatic heterocycles. The number of benzene rings is 1. The smallest absolute Gasteiger partial charge is 0.131 e. The van der Waals surface area contributed by atoms with Gasteiger partial charge in [0.15, 0.2) is 0 Å². The lowest BCUT2D eigenvalue weighted by atomic mass is 10.1. The van der Waals surface area contributed by atoms with Crippen LogP contribution < -0.4 is 11.1 Å². The molecular weight excluding hydrogens is 235 g/mol. The van der Waals surface area contributed by atoms with Gasteiger partial charge < -0.3 is 11.1 Å². The highest BCUT2D eigenvalue weighted by atomic mass is 32.1. The van der Waals surface area contributed by atoms with E-state index in [1.54, 1.807) is 17.4 Å². The van der Waals surface area contributed by atoms with Crippen molar-refractivity contribution < 1.29 is 4.39 Å². The lowest BCUT2D eigenvalue weighted by Gasteiger charge is -2.06. The van der Waals surface area contributed by atoms with Gasteiger partial charge in [-0.15, -0.1) is 11.3 Å². The molecule has 2 rings (SSSR count). The van der Waals surface area contributed by atoms with E-state index in [1.807, 2.05) is 23.6 Å². The van der Waals surface area contributed by atoms with E-state index in [0.29, 0.717) is 12.1 Å². The van der Waals surface area contributed by atoms with E-state index in [9.17, 15) is 4.39 Å². The molecule has 0 atom stereocenters. The zero-order valence-corrected chi connectivity index (χ0v) is 10.3. The van der Waals surface area contributed by atoms with Crippen molar-refractivity contribution in [3.63, 3.8) is 0 Å². The second kappa shape index (κ2) is 5.91. The number of halogens is 1. The van der Waals surface area contributed by atoms with Gasteiger partial charge in [0.2, 0.25) is 0 Å². The van der Waals surface area contributed by atoms with Gasteiger partial charge in [-0.05, 0) is 29.1 Å². The maximum atomic E-state index is 13.7. The minimum atomic E-state index is -0.171. The standard InChI is InChI=1S/C13H15FN2S/c14-12-4-3-10(9-16-6-5-15)8-11(12)13-2-1-7-17-13/h1-4,7-8,16H,5-6,9,15H2. The number of hydrogen-bond donors (Lipinski definition) is 2. The van der Waals surface area contributed by atoms with Gasteiger partial charge in [-0.25, -0.2) is 4.39 Å². The monoisotopic (exact) mass is 250 g/mol. The van der Waals surface area contributed by atoms with Crippen LogP contribution in [-0.2, 0) is 6.54 Å². The molecular formula is C13H15FN2S. The van der Waals surface area contributed by atoms with Crippen LogP contribution in [0.3, 0.4) is 0 Å². The largest absolute Gasteiger partial charge is 0.329 e. The summed E-state index contributed by atoms with van der Waals surface area (Å²) in [5, 5.41) is 5.15. The van der Waals surface area contributed by atoms with Crippen molar-refractivity contribution in [1.29, 1.82) is 0 Å². The topological polar surface area (TPSA) is 38.0 Å². The molecule has 0 saturated carbocycles. The van der Waals surface area contributed by atoms with Crippen LogP contribution in [0.1, 0.15) is 5.56 Å². The normalized spacial score (nSPS) is 10.7. The average Bonchev–Trinajstić information content (AvgIpc) is 2.85. The van der Waals surface area contributed by atoms with Crippen molar-refractivity contribution >= 4 is 11.3 Å². The van der Waals surface area contributed by atoms with E-state index in [1.165, 1.54) is 6.07 Å². The molecule has 2 nitrogen and oxygen atoms in total. The van der Waals surface area contributed by atoms with Gasteiger partial charge in [0.25, 0.3) is 0 Å². The first-order valence-electron chi connectivity index (χ1n) is 5.54. The third-order valence-corrected chi connectivity index (χ3v) is 3.37. The maximum Gasteiger partial charge on any atom is 0.131 e. The molecule has 0 amide bonds. The lowest BCUT2D eigenvalue weighted by Crippen LogP contribution is -2.21. The fourth-order valence-corrected chi connectivity index (χ4v) is 2.38. The van der Waals surface area contributed by atoms with Gasteiger partial charge >= 0.3 is 0 Å². The van der Waals surface area contributed by atoms with Crippen LogP contribution in [0.5, 0.6) is 0 Å². The highest BCUT2D eigenvalue weighted by Crippen LogP contribution is 2.28. The SMILES string of the molecule is NCCNCc1ccc(F)c(-c2cccs2)c1. The fraction of sp³-hybridized carbons (Fsp3) is 0.231. The third kappa shape index (κ3) is 3.12. The molecule has 1 heterocycles. The number of hydrogen-bond acceptors (Lipinski definition) is 3. The molecule has 4 heteroatoms. The molecule has 0 saturated heterocycles. The third-order valence-electron chi connectivity index (χ3n) is 2.47. The van der Waals surface area contributed by atoms with Gasteiger partial charge in [0.05, 0.1) is 0 Å². The molecule has 0 radical (unpaired) electrons. The summed E-state index contributed by atoms with van der Waals surface area (Å²) in [5.41, 5.74) is 7.15. The Bertz CT molecular complexity index is 468. The highest BCUT2D eigenvalue weighted by molar-refractivity contribution is 7.13. The molecule has 3 N–H and O–H groups in total. The Kier molecular flexibility index (Phi) is 4.25. The Balaban J connectivity index is 2.18. The molecule has 0 spiro atoms. The number of nitrogens with two attached hydrogens (primary N) is 1. The second-order valence-corrected chi connectivity index (χ2v) is 4.70. The molecule has 17 heavy (non-hydrogen) atoms. The summed E-state index contributed by atoms with van der Waals surface area (Å²) in [7, 11) is 0. The van der Waals surface area contributed by atoms with Crippen LogP contribution in [-0.4, -0.2) is 13.1 Å². The van der Waals surface area contributed by atoms with Gasteiger partial charge in [-0.1, -0.05) is 12.1 Å². The second-order valence-electron chi connectivity index (χ2n) is 3.76. The van der Waals surface area contributed by atoms with Crippen molar-refractivity contribution in [3.05, 3.63) is 47.1 Å². The average molecular weight is 250 g/mol. The molecule has 1 aromatic carbocycles. The van der Waals surface area contributed by atoms with E-state index >= 15 is 0 Å². The first-order chi connectivity index (χ1) is 8.31. The van der Waals surface area contributed by atoms with E-state index in [4.69, 9.17) is 5.73 Å². The first-order valence-corrected chi connectivity index (χ1v) is 6.42. The zero-order chi connectivity index (χ0) is 12.1. The Morgan fingerprint density at radius 2 is 2.18 bits per heavy atom. The number of thiophene rings is 1. The maximum absolute atomic E-state index is 13.7. The van der Waals surface area contributed by atoms with Gasteiger partial charge in [-0.3, -0.25) is 0 Å². The summed E-state index contributed by atoms with van der Waals surface area (Å²) in [5.74, 6) is -0.171. The molecule has 0 unspecified atom stereocenters. The van der Waals surface area contributed by atoms with Crippen molar-refractivity contribution in [3.8, 4) is 10.4 Å². The molecule has 0 aliphatic carbocycles. The van der Waals surface area contributed by atoms with Crippen molar-refractivity contribution in [2.45, 2.75) is 6.54 Å². The predicted molar refractivity (Wildman–Crippen MR) is 70.5 cm³/mol. The van der Waals surface area contributed by atoms with Crippen molar-refractivity contribution in [2.75, 3.05) is 13.1 Å². The van der Waals surface area contributed by atoms with Crippen LogP contribution in [0, 0.1) is 5.82 Å². The van der Waals surface area contributed by atoms with Crippen molar-refractivity contribution in [1.82, 2.24) is 5.32 Å². The predicted octanol–water partition coefficient (Wildman–Crippen LogP) is 2.60.